The third kappa shape index (κ3) is 4.41. The monoisotopic (exact) mass is 386 g/mol. The second-order valence-electron chi connectivity index (χ2n) is 5.91. The van der Waals surface area contributed by atoms with Crippen molar-refractivity contribution < 1.29 is 19.1 Å². The van der Waals surface area contributed by atoms with E-state index in [0.717, 1.165) is 16.0 Å². The summed E-state index contributed by atoms with van der Waals surface area (Å²) in [4.78, 5) is 24.6. The van der Waals surface area contributed by atoms with Gasteiger partial charge in [-0.2, -0.15) is 0 Å². The minimum absolute atomic E-state index is 0.222. The van der Waals surface area contributed by atoms with Gasteiger partial charge in [0.05, 0.1) is 6.61 Å². The van der Waals surface area contributed by atoms with Gasteiger partial charge in [-0.05, 0) is 48.4 Å². The summed E-state index contributed by atoms with van der Waals surface area (Å²) in [5.74, 6) is 0.778. The molecule has 0 radical (unpaired) electrons. The highest BCUT2D eigenvalue weighted by Gasteiger charge is 2.29. The van der Waals surface area contributed by atoms with Crippen LogP contribution in [0.25, 0.3) is 6.08 Å². The second kappa shape index (κ2) is 8.14. The van der Waals surface area contributed by atoms with Crippen LogP contribution in [0.1, 0.15) is 18.1 Å². The minimum Gasteiger partial charge on any atom is -0.490 e. The topological polar surface area (TPSA) is 67.9 Å². The Balaban J connectivity index is 1.79. The van der Waals surface area contributed by atoms with Crippen molar-refractivity contribution in [3.63, 3.8) is 0 Å². The van der Waals surface area contributed by atoms with Crippen LogP contribution in [0, 0.1) is 0 Å². The van der Waals surface area contributed by atoms with Crippen LogP contribution >= 0.6 is 11.6 Å². The van der Waals surface area contributed by atoms with Crippen LogP contribution in [0.2, 0.25) is 5.02 Å². The number of carbonyl (C=O) groups is 2. The van der Waals surface area contributed by atoms with E-state index < -0.39 is 6.03 Å². The number of likely N-dealkylation sites (N-methyl/N-ethyl adjacent to an activating group) is 1. The summed E-state index contributed by atoms with van der Waals surface area (Å²) < 4.78 is 11.5. The van der Waals surface area contributed by atoms with E-state index in [4.69, 9.17) is 21.1 Å². The lowest BCUT2D eigenvalue weighted by Crippen LogP contribution is -2.25. The van der Waals surface area contributed by atoms with Gasteiger partial charge in [0.2, 0.25) is 0 Å². The molecule has 7 heteroatoms. The van der Waals surface area contributed by atoms with E-state index in [9.17, 15) is 9.59 Å². The smallest absolute Gasteiger partial charge is 0.328 e. The maximum absolute atomic E-state index is 12.0. The van der Waals surface area contributed by atoms with Crippen LogP contribution in [0.3, 0.4) is 0 Å². The van der Waals surface area contributed by atoms with E-state index in [-0.39, 0.29) is 11.6 Å². The Hall–Kier alpha value is -2.99. The number of hydrogen-bond donors (Lipinski definition) is 1. The molecule has 27 heavy (non-hydrogen) atoms. The number of hydrogen-bond acceptors (Lipinski definition) is 4. The Morgan fingerprint density at radius 1 is 1.07 bits per heavy atom. The largest absolute Gasteiger partial charge is 0.490 e. The molecule has 0 saturated carbocycles. The Labute approximate surface area is 162 Å². The average molecular weight is 387 g/mol. The number of nitrogens with zero attached hydrogens (tertiary/aromatic N) is 1. The van der Waals surface area contributed by atoms with Crippen molar-refractivity contribution in [2.75, 3.05) is 13.7 Å². The van der Waals surface area contributed by atoms with Crippen LogP contribution in [0.5, 0.6) is 11.5 Å². The summed E-state index contributed by atoms with van der Waals surface area (Å²) in [7, 11) is 1.43. The van der Waals surface area contributed by atoms with Crippen LogP contribution in [0.15, 0.2) is 48.2 Å². The summed E-state index contributed by atoms with van der Waals surface area (Å²) in [6.07, 6.45) is 1.61. The maximum Gasteiger partial charge on any atom is 0.328 e. The van der Waals surface area contributed by atoms with Gasteiger partial charge in [0.15, 0.2) is 11.5 Å². The van der Waals surface area contributed by atoms with Crippen molar-refractivity contribution in [3.05, 3.63) is 64.3 Å². The molecule has 0 bridgehead atoms. The van der Waals surface area contributed by atoms with Crippen molar-refractivity contribution in [2.24, 2.45) is 0 Å². The molecule has 2 aromatic rings. The Kier molecular flexibility index (Phi) is 5.66. The molecule has 0 spiro atoms. The van der Waals surface area contributed by atoms with Gasteiger partial charge >= 0.3 is 6.03 Å². The zero-order valence-electron chi connectivity index (χ0n) is 15.0. The van der Waals surface area contributed by atoms with E-state index in [1.165, 1.54) is 7.05 Å². The highest BCUT2D eigenvalue weighted by atomic mass is 35.5. The first-order valence-corrected chi connectivity index (χ1v) is 8.80. The maximum atomic E-state index is 12.0. The number of nitrogens with one attached hydrogen (secondary N) is 1. The molecule has 1 saturated heterocycles. The minimum atomic E-state index is -0.445. The van der Waals surface area contributed by atoms with E-state index in [0.29, 0.717) is 29.7 Å². The van der Waals surface area contributed by atoms with Crippen molar-refractivity contribution in [1.82, 2.24) is 10.2 Å². The first-order valence-electron chi connectivity index (χ1n) is 8.42. The standard InChI is InChI=1S/C20H19ClN2O4/c1-3-26-18-11-14(10-16-19(24)23(2)20(25)22-16)6-9-17(18)27-12-13-4-7-15(21)8-5-13/h4-11H,3,12H2,1-2H3,(H,22,25)/b16-10+. The lowest BCUT2D eigenvalue weighted by molar-refractivity contribution is -0.121. The summed E-state index contributed by atoms with van der Waals surface area (Å²) in [6.45, 7) is 2.72. The number of halogens is 1. The first-order chi connectivity index (χ1) is 13.0. The van der Waals surface area contributed by atoms with Gasteiger partial charge in [-0.3, -0.25) is 9.69 Å². The molecular formula is C20H19ClN2O4. The van der Waals surface area contributed by atoms with E-state index in [1.54, 1.807) is 24.3 Å². The molecule has 1 aliphatic heterocycles. The summed E-state index contributed by atoms with van der Waals surface area (Å²) in [6, 6.07) is 12.3. The van der Waals surface area contributed by atoms with Crippen molar-refractivity contribution in [1.29, 1.82) is 0 Å². The molecule has 1 heterocycles. The molecule has 1 N–H and O–H groups in total. The van der Waals surface area contributed by atoms with Gasteiger partial charge in [-0.1, -0.05) is 29.8 Å². The first kappa shape index (κ1) is 18.8. The van der Waals surface area contributed by atoms with Gasteiger partial charge in [-0.25, -0.2) is 4.79 Å². The molecule has 0 unspecified atom stereocenters. The molecule has 3 rings (SSSR count). The van der Waals surface area contributed by atoms with Gasteiger partial charge < -0.3 is 14.8 Å². The number of benzene rings is 2. The number of rotatable bonds is 6. The van der Waals surface area contributed by atoms with Crippen LogP contribution in [-0.2, 0) is 11.4 Å². The Bertz CT molecular complexity index is 893. The van der Waals surface area contributed by atoms with Gasteiger partial charge in [0, 0.05) is 12.1 Å². The third-order valence-electron chi connectivity index (χ3n) is 3.97. The normalized spacial score (nSPS) is 15.2. The number of carbonyl (C=O) groups excluding carboxylic acids is 2. The zero-order valence-corrected chi connectivity index (χ0v) is 15.7. The summed E-state index contributed by atoms with van der Waals surface area (Å²) in [5, 5.41) is 3.21. The SMILES string of the molecule is CCOc1cc(/C=C2/NC(=O)N(C)C2=O)ccc1OCc1ccc(Cl)cc1. The highest BCUT2D eigenvalue weighted by Crippen LogP contribution is 2.30. The van der Waals surface area contributed by atoms with E-state index in [2.05, 4.69) is 5.32 Å². The third-order valence-corrected chi connectivity index (χ3v) is 4.22. The average Bonchev–Trinajstić information content (AvgIpc) is 2.89. The lowest BCUT2D eigenvalue weighted by atomic mass is 10.1. The van der Waals surface area contributed by atoms with Gasteiger partial charge in [0.1, 0.15) is 12.3 Å². The molecule has 0 aliphatic carbocycles. The molecule has 140 valence electrons. The van der Waals surface area contributed by atoms with Crippen molar-refractivity contribution >= 4 is 29.6 Å². The van der Waals surface area contributed by atoms with Crippen LogP contribution < -0.4 is 14.8 Å². The molecule has 6 nitrogen and oxygen atoms in total. The highest BCUT2D eigenvalue weighted by molar-refractivity contribution is 6.30. The van der Waals surface area contributed by atoms with Crippen molar-refractivity contribution in [3.8, 4) is 11.5 Å². The molecular weight excluding hydrogens is 368 g/mol. The summed E-state index contributed by atoms with van der Waals surface area (Å²) in [5.41, 5.74) is 1.92. The number of amides is 3. The molecule has 1 fully saturated rings. The Morgan fingerprint density at radius 2 is 1.81 bits per heavy atom. The predicted octanol–water partition coefficient (Wildman–Crippen LogP) is 3.84. The fraction of sp³-hybridized carbons (Fsp3) is 0.200. The fourth-order valence-corrected chi connectivity index (χ4v) is 2.66. The fourth-order valence-electron chi connectivity index (χ4n) is 2.53. The predicted molar refractivity (Wildman–Crippen MR) is 103 cm³/mol. The second-order valence-corrected chi connectivity index (χ2v) is 6.34. The molecule has 2 aromatic carbocycles. The lowest BCUT2D eigenvalue weighted by Gasteiger charge is -2.13. The van der Waals surface area contributed by atoms with E-state index in [1.807, 2.05) is 31.2 Å². The molecule has 0 atom stereocenters. The zero-order chi connectivity index (χ0) is 19.4. The van der Waals surface area contributed by atoms with Gasteiger partial charge in [-0.15, -0.1) is 0 Å². The number of imide groups is 1. The quantitative estimate of drug-likeness (QED) is 0.605. The molecule has 1 aliphatic rings. The number of ether oxygens (including phenoxy) is 2. The van der Waals surface area contributed by atoms with Gasteiger partial charge in [0.25, 0.3) is 5.91 Å². The van der Waals surface area contributed by atoms with Crippen LogP contribution in [-0.4, -0.2) is 30.5 Å². The van der Waals surface area contributed by atoms with E-state index >= 15 is 0 Å². The number of urea groups is 1. The van der Waals surface area contributed by atoms with Crippen LogP contribution in [0.4, 0.5) is 4.79 Å². The molecule has 0 aromatic heterocycles. The van der Waals surface area contributed by atoms with Crippen molar-refractivity contribution in [2.45, 2.75) is 13.5 Å². The Morgan fingerprint density at radius 3 is 2.44 bits per heavy atom. The summed E-state index contributed by atoms with van der Waals surface area (Å²) >= 11 is 5.89. The molecule has 3 amide bonds.